The van der Waals surface area contributed by atoms with E-state index in [1.54, 1.807) is 0 Å². The molecule has 0 aromatic carbocycles. The summed E-state index contributed by atoms with van der Waals surface area (Å²) >= 11 is 0. The number of aliphatic hydroxyl groups excluding tert-OH is 19. The third kappa shape index (κ3) is 13.4. The van der Waals surface area contributed by atoms with Gasteiger partial charge in [0.15, 0.2) is 37.7 Å². The van der Waals surface area contributed by atoms with Crippen molar-refractivity contribution in [3.05, 3.63) is 0 Å². The maximum absolute atomic E-state index is 11.7. The highest BCUT2D eigenvalue weighted by molar-refractivity contribution is 5.00. The second kappa shape index (κ2) is 27.5. The first-order chi connectivity index (χ1) is 34.8. The fraction of sp³-hybridized carbons (Fsp3) is 1.00. The van der Waals surface area contributed by atoms with Crippen LogP contribution in [0.4, 0.5) is 0 Å². The first-order valence-corrected chi connectivity index (χ1v) is 23.4. The van der Waals surface area contributed by atoms with E-state index in [9.17, 15) is 97.0 Å². The Morgan fingerprint density at radius 2 is 0.562 bits per heavy atom. The van der Waals surface area contributed by atoms with E-state index in [1.807, 2.05) is 0 Å². The van der Waals surface area contributed by atoms with Gasteiger partial charge in [-0.05, 0) is 0 Å². The van der Waals surface area contributed by atoms with Crippen LogP contribution in [-0.4, -0.2) is 347 Å². The molecule has 0 aliphatic carbocycles. The summed E-state index contributed by atoms with van der Waals surface area (Å²) < 4.78 is 72.9. The predicted molar refractivity (Wildman–Crippen MR) is 223 cm³/mol. The average Bonchev–Trinajstić information content (AvgIpc) is 3.38. The summed E-state index contributed by atoms with van der Waals surface area (Å²) in [5, 5.41) is 204. The van der Waals surface area contributed by atoms with Crippen molar-refractivity contribution in [2.45, 2.75) is 184 Å². The highest BCUT2D eigenvalue weighted by atomic mass is 16.8. The SMILES string of the molecule is NCCOCCO[C@H]1OC(CO)[C@@H](O)[C@H](O[C@H]2OC(CO)[C@@H](O)[C@H](O[C@H]3OC(CO)[C@@H](O)[C@H](O)C3O[C@H]3OC(CO)[C@@H](O)[C@H](O[C@H]4OC(CO)[C@@H](O)[C@H](O[C@H]5OC(CO)[C@@H](O)[C@H](O)C5O)C4O)C3O)C2O)C1O. The fourth-order valence-corrected chi connectivity index (χ4v) is 9.00. The lowest BCUT2D eigenvalue weighted by atomic mass is 9.95. The van der Waals surface area contributed by atoms with Gasteiger partial charge in [-0.25, -0.2) is 0 Å². The minimum Gasteiger partial charge on any atom is -0.394 e. The van der Waals surface area contributed by atoms with Gasteiger partial charge in [0.05, 0.1) is 59.5 Å². The Morgan fingerprint density at radius 3 is 0.932 bits per heavy atom. The molecule has 0 aromatic rings. The molecule has 12 unspecified atom stereocenters. The Morgan fingerprint density at radius 1 is 0.274 bits per heavy atom. The monoisotopic (exact) mass is 1080 g/mol. The second-order valence-corrected chi connectivity index (χ2v) is 18.0. The van der Waals surface area contributed by atoms with Crippen molar-refractivity contribution in [2.24, 2.45) is 5.73 Å². The molecule has 33 nitrogen and oxygen atoms in total. The standard InChI is InChI=1S/C40H71NO32/c41-1-2-61-3-4-62-35-26(57)30(19(50)13(7-44)63-35)70-38-29(60)33(22(53)16(10-47)66-38)72-40-34(24(55)18(49)12(6-43)68-40)73-39-28(59)32(21(52)15(9-46)67-39)71-37-27(58)31(20(51)14(8-45)65-37)69-36-25(56)23(54)17(48)11(5-42)64-36/h11-40,42-60H,1-10,41H2/t11?,12?,13?,14?,15?,16?,17-,18-,19-,20-,21-,22-,23+,24+,25?,26?,27?,28?,29?,30+,31+,32+,33+,34?,35+,36-,37-,38-,39-,40-/m1/s1. The molecule has 30 atom stereocenters. The molecule has 6 fully saturated rings. The first-order valence-electron chi connectivity index (χ1n) is 23.4. The van der Waals surface area contributed by atoms with Crippen LogP contribution in [0.25, 0.3) is 0 Å². The zero-order chi connectivity index (χ0) is 53.6. The molecular formula is C40H71NO32. The fourth-order valence-electron chi connectivity index (χ4n) is 9.00. The van der Waals surface area contributed by atoms with Crippen LogP contribution >= 0.6 is 0 Å². The summed E-state index contributed by atoms with van der Waals surface area (Å²) in [4.78, 5) is 0. The Kier molecular flexibility index (Phi) is 23.0. The summed E-state index contributed by atoms with van der Waals surface area (Å²) in [5.74, 6) is 0. The molecule has 73 heavy (non-hydrogen) atoms. The van der Waals surface area contributed by atoms with Gasteiger partial charge in [-0.1, -0.05) is 0 Å². The number of hydrogen-bond donors (Lipinski definition) is 20. The van der Waals surface area contributed by atoms with Crippen LogP contribution in [0, 0.1) is 0 Å². The van der Waals surface area contributed by atoms with Crippen molar-refractivity contribution in [1.29, 1.82) is 0 Å². The summed E-state index contributed by atoms with van der Waals surface area (Å²) in [6.45, 7) is -5.56. The first kappa shape index (κ1) is 60.9. The molecule has 6 aliphatic heterocycles. The largest absolute Gasteiger partial charge is 0.394 e. The number of nitrogens with two attached hydrogens (primary N) is 1. The zero-order valence-electron chi connectivity index (χ0n) is 38.8. The Hall–Kier alpha value is -1.32. The van der Waals surface area contributed by atoms with Crippen LogP contribution in [0.3, 0.4) is 0 Å². The highest BCUT2D eigenvalue weighted by Gasteiger charge is 2.58. The van der Waals surface area contributed by atoms with Gasteiger partial charge in [-0.15, -0.1) is 0 Å². The van der Waals surface area contributed by atoms with Gasteiger partial charge >= 0.3 is 0 Å². The van der Waals surface area contributed by atoms with Gasteiger partial charge in [0.1, 0.15) is 146 Å². The van der Waals surface area contributed by atoms with E-state index in [0.717, 1.165) is 0 Å². The van der Waals surface area contributed by atoms with E-state index in [0.29, 0.717) is 0 Å². The van der Waals surface area contributed by atoms with Crippen molar-refractivity contribution >= 4 is 0 Å². The number of hydrogen-bond acceptors (Lipinski definition) is 33. The third-order valence-corrected chi connectivity index (χ3v) is 13.2. The molecule has 6 saturated heterocycles. The molecule has 33 heteroatoms. The predicted octanol–water partition coefficient (Wildman–Crippen LogP) is -14.1. The normalized spacial score (nSPS) is 50.0. The summed E-state index contributed by atoms with van der Waals surface area (Å²) in [7, 11) is 0. The third-order valence-electron chi connectivity index (χ3n) is 13.2. The summed E-state index contributed by atoms with van der Waals surface area (Å²) in [5.41, 5.74) is 5.41. The van der Waals surface area contributed by atoms with Crippen molar-refractivity contribution < 1.29 is 159 Å². The minimum absolute atomic E-state index is 0.00497. The van der Waals surface area contributed by atoms with E-state index in [1.165, 1.54) is 0 Å². The van der Waals surface area contributed by atoms with Gasteiger partial charge in [0.25, 0.3) is 0 Å². The molecule has 0 amide bonds. The van der Waals surface area contributed by atoms with E-state index in [-0.39, 0.29) is 26.4 Å². The summed E-state index contributed by atoms with van der Waals surface area (Å²) in [6.07, 6.45) is -58.2. The van der Waals surface area contributed by atoms with Crippen LogP contribution in [0.1, 0.15) is 0 Å². The van der Waals surface area contributed by atoms with E-state index < -0.39 is 224 Å². The number of aliphatic hydroxyl groups is 19. The van der Waals surface area contributed by atoms with E-state index in [4.69, 9.17) is 67.3 Å². The van der Waals surface area contributed by atoms with Crippen molar-refractivity contribution in [2.75, 3.05) is 66.0 Å². The molecular weight excluding hydrogens is 1010 g/mol. The van der Waals surface area contributed by atoms with Gasteiger partial charge in [0.2, 0.25) is 0 Å². The van der Waals surface area contributed by atoms with E-state index >= 15 is 0 Å². The Bertz CT molecular complexity index is 1620. The molecule has 6 heterocycles. The maximum atomic E-state index is 11.7. The Labute approximate surface area is 414 Å². The zero-order valence-corrected chi connectivity index (χ0v) is 38.8. The van der Waals surface area contributed by atoms with Crippen molar-refractivity contribution in [3.8, 4) is 0 Å². The summed E-state index contributed by atoms with van der Waals surface area (Å²) in [6, 6.07) is 0. The van der Waals surface area contributed by atoms with Gasteiger partial charge in [0, 0.05) is 6.54 Å². The number of ether oxygens (including phenoxy) is 13. The smallest absolute Gasteiger partial charge is 0.187 e. The van der Waals surface area contributed by atoms with Gasteiger partial charge in [-0.3, -0.25) is 0 Å². The molecule has 21 N–H and O–H groups in total. The lowest BCUT2D eigenvalue weighted by molar-refractivity contribution is -0.404. The average molecular weight is 1080 g/mol. The van der Waals surface area contributed by atoms with Gasteiger partial charge < -0.3 is 164 Å². The van der Waals surface area contributed by atoms with Crippen LogP contribution in [0.15, 0.2) is 0 Å². The lowest BCUT2D eigenvalue weighted by Crippen LogP contribution is -2.68. The van der Waals surface area contributed by atoms with Crippen molar-refractivity contribution in [3.63, 3.8) is 0 Å². The molecule has 0 radical (unpaired) electrons. The lowest BCUT2D eigenvalue weighted by Gasteiger charge is -2.50. The maximum Gasteiger partial charge on any atom is 0.187 e. The second-order valence-electron chi connectivity index (χ2n) is 18.0. The van der Waals surface area contributed by atoms with Crippen LogP contribution in [0.2, 0.25) is 0 Å². The Balaban J connectivity index is 1.21. The molecule has 6 rings (SSSR count). The molecule has 0 saturated carbocycles. The molecule has 0 aromatic heterocycles. The quantitative estimate of drug-likeness (QED) is 0.0448. The molecule has 6 aliphatic rings. The van der Waals surface area contributed by atoms with E-state index in [2.05, 4.69) is 0 Å². The topological polar surface area (TPSA) is 530 Å². The van der Waals surface area contributed by atoms with Crippen LogP contribution in [0.5, 0.6) is 0 Å². The van der Waals surface area contributed by atoms with Gasteiger partial charge in [-0.2, -0.15) is 0 Å². The van der Waals surface area contributed by atoms with Crippen LogP contribution in [-0.2, 0) is 61.6 Å². The minimum atomic E-state index is -2.29. The molecule has 0 bridgehead atoms. The van der Waals surface area contributed by atoms with Crippen molar-refractivity contribution in [1.82, 2.24) is 0 Å². The molecule has 0 spiro atoms. The number of rotatable bonds is 22. The van der Waals surface area contributed by atoms with Crippen LogP contribution < -0.4 is 5.73 Å². The highest BCUT2D eigenvalue weighted by Crippen LogP contribution is 2.37. The molecule has 428 valence electrons.